The molecule has 5 heteroatoms. The second kappa shape index (κ2) is 9.95. The van der Waals surface area contributed by atoms with E-state index in [2.05, 4.69) is 35.8 Å². The van der Waals surface area contributed by atoms with Gasteiger partial charge in [0.1, 0.15) is 12.7 Å². The topological polar surface area (TPSA) is 45.2 Å². The van der Waals surface area contributed by atoms with Crippen molar-refractivity contribution < 1.29 is 14.6 Å². The van der Waals surface area contributed by atoms with Gasteiger partial charge < -0.3 is 19.5 Å². The summed E-state index contributed by atoms with van der Waals surface area (Å²) in [6, 6.07) is 6.21. The third-order valence-electron chi connectivity index (χ3n) is 6.61. The van der Waals surface area contributed by atoms with Crippen LogP contribution in [0, 0.1) is 5.41 Å². The van der Waals surface area contributed by atoms with Gasteiger partial charge in [-0.15, -0.1) is 0 Å². The molecule has 2 fully saturated rings. The van der Waals surface area contributed by atoms with Gasteiger partial charge in [0.2, 0.25) is 0 Å². The van der Waals surface area contributed by atoms with E-state index in [9.17, 15) is 5.11 Å². The van der Waals surface area contributed by atoms with Crippen molar-refractivity contribution in [2.24, 2.45) is 5.41 Å². The molecule has 0 radical (unpaired) electrons. The molecule has 1 aliphatic carbocycles. The van der Waals surface area contributed by atoms with Gasteiger partial charge >= 0.3 is 0 Å². The van der Waals surface area contributed by atoms with Crippen LogP contribution in [0.15, 0.2) is 18.2 Å². The van der Waals surface area contributed by atoms with Crippen molar-refractivity contribution in [1.82, 2.24) is 9.80 Å². The van der Waals surface area contributed by atoms with Crippen LogP contribution in [0.2, 0.25) is 0 Å². The van der Waals surface area contributed by atoms with E-state index in [0.717, 1.165) is 31.1 Å². The summed E-state index contributed by atoms with van der Waals surface area (Å²) in [7, 11) is 1.67. The fraction of sp³-hybridized carbons (Fsp3) is 0.739. The Morgan fingerprint density at radius 3 is 2.57 bits per heavy atom. The first-order valence-corrected chi connectivity index (χ1v) is 11.0. The Morgan fingerprint density at radius 1 is 1.14 bits per heavy atom. The molecule has 0 aromatic heterocycles. The van der Waals surface area contributed by atoms with Gasteiger partial charge in [-0.25, -0.2) is 0 Å². The minimum atomic E-state index is -0.505. The predicted octanol–water partition coefficient (Wildman–Crippen LogP) is 3.54. The molecule has 0 unspecified atom stereocenters. The van der Waals surface area contributed by atoms with Crippen molar-refractivity contribution in [3.63, 3.8) is 0 Å². The van der Waals surface area contributed by atoms with Gasteiger partial charge in [0, 0.05) is 19.6 Å². The van der Waals surface area contributed by atoms with E-state index < -0.39 is 6.10 Å². The Kier molecular flexibility index (Phi) is 7.61. The first kappa shape index (κ1) is 21.4. The highest BCUT2D eigenvalue weighted by atomic mass is 16.5. The first-order valence-electron chi connectivity index (χ1n) is 11.0. The monoisotopic (exact) mass is 390 g/mol. The Balaban J connectivity index is 1.57. The van der Waals surface area contributed by atoms with Crippen molar-refractivity contribution in [1.29, 1.82) is 0 Å². The molecule has 0 amide bonds. The number of likely N-dealkylation sites (tertiary alicyclic amines) is 1. The molecule has 1 atom stereocenters. The standard InChI is InChI=1S/C23H38N2O3/c1-4-24(5-2)16-20(26)17-28-22-14-19(8-9-21(22)27-3)15-25-13-12-23(18-25)10-6-7-11-23/h8-9,14,20,26H,4-7,10-13,15-18H2,1-3H3/t20-/m1/s1. The Bertz CT molecular complexity index is 612. The molecule has 1 aliphatic heterocycles. The average Bonchev–Trinajstić information content (AvgIpc) is 3.34. The molecule has 28 heavy (non-hydrogen) atoms. The van der Waals surface area contributed by atoms with Gasteiger partial charge in [0.25, 0.3) is 0 Å². The fourth-order valence-electron chi connectivity index (χ4n) is 4.90. The van der Waals surface area contributed by atoms with Crippen molar-refractivity contribution >= 4 is 0 Å². The van der Waals surface area contributed by atoms with E-state index in [1.165, 1.54) is 50.8 Å². The van der Waals surface area contributed by atoms with Gasteiger partial charge in [0.05, 0.1) is 7.11 Å². The van der Waals surface area contributed by atoms with Crippen LogP contribution in [-0.2, 0) is 6.54 Å². The van der Waals surface area contributed by atoms with E-state index in [0.29, 0.717) is 12.0 Å². The molecule has 1 spiro atoms. The fourth-order valence-corrected chi connectivity index (χ4v) is 4.90. The summed E-state index contributed by atoms with van der Waals surface area (Å²) >= 11 is 0. The summed E-state index contributed by atoms with van der Waals surface area (Å²) in [6.07, 6.45) is 6.47. The highest BCUT2D eigenvalue weighted by Crippen LogP contribution is 2.45. The number of rotatable bonds is 10. The van der Waals surface area contributed by atoms with Crippen LogP contribution < -0.4 is 9.47 Å². The van der Waals surface area contributed by atoms with E-state index in [4.69, 9.17) is 9.47 Å². The summed E-state index contributed by atoms with van der Waals surface area (Å²) in [5.74, 6) is 1.46. The zero-order valence-corrected chi connectivity index (χ0v) is 18.0. The zero-order chi connectivity index (χ0) is 20.0. The minimum absolute atomic E-state index is 0.281. The molecule has 2 aliphatic rings. The van der Waals surface area contributed by atoms with E-state index in [-0.39, 0.29) is 6.61 Å². The average molecular weight is 391 g/mol. The van der Waals surface area contributed by atoms with E-state index in [1.807, 2.05) is 6.07 Å². The number of nitrogens with zero attached hydrogens (tertiary/aromatic N) is 2. The molecule has 3 rings (SSSR count). The van der Waals surface area contributed by atoms with Crippen LogP contribution in [0.25, 0.3) is 0 Å². The van der Waals surface area contributed by atoms with Crippen molar-refractivity contribution in [3.8, 4) is 11.5 Å². The number of benzene rings is 1. The highest BCUT2D eigenvalue weighted by molar-refractivity contribution is 5.43. The quantitative estimate of drug-likeness (QED) is 0.662. The summed E-state index contributed by atoms with van der Waals surface area (Å²) in [4.78, 5) is 4.79. The lowest BCUT2D eigenvalue weighted by molar-refractivity contribution is 0.0705. The van der Waals surface area contributed by atoms with Crippen LogP contribution in [0.1, 0.15) is 51.5 Å². The molecule has 1 saturated heterocycles. The number of aliphatic hydroxyl groups is 1. The number of likely N-dealkylation sites (N-methyl/N-ethyl adjacent to an activating group) is 1. The third-order valence-corrected chi connectivity index (χ3v) is 6.61. The highest BCUT2D eigenvalue weighted by Gasteiger charge is 2.39. The molecule has 1 saturated carbocycles. The Morgan fingerprint density at radius 2 is 1.89 bits per heavy atom. The maximum atomic E-state index is 10.3. The first-order chi connectivity index (χ1) is 13.6. The smallest absolute Gasteiger partial charge is 0.161 e. The summed E-state index contributed by atoms with van der Waals surface area (Å²) in [5.41, 5.74) is 1.85. The molecule has 1 aromatic carbocycles. The lowest BCUT2D eigenvalue weighted by Crippen LogP contribution is -2.35. The van der Waals surface area contributed by atoms with Crippen molar-refractivity contribution in [2.45, 2.75) is 58.6 Å². The third kappa shape index (κ3) is 5.40. The zero-order valence-electron chi connectivity index (χ0n) is 18.0. The number of aliphatic hydroxyl groups excluding tert-OH is 1. The normalized spacial score (nSPS) is 20.2. The molecule has 0 bridgehead atoms. The second-order valence-corrected chi connectivity index (χ2v) is 8.60. The molecule has 1 heterocycles. The largest absolute Gasteiger partial charge is 0.493 e. The summed E-state index contributed by atoms with van der Waals surface area (Å²) < 4.78 is 11.4. The second-order valence-electron chi connectivity index (χ2n) is 8.60. The van der Waals surface area contributed by atoms with Crippen molar-refractivity contribution in [3.05, 3.63) is 23.8 Å². The van der Waals surface area contributed by atoms with E-state index in [1.54, 1.807) is 7.11 Å². The SMILES string of the molecule is CCN(CC)C[C@@H](O)COc1cc(CN2CCC3(CCCC3)C2)ccc1OC. The number of hydrogen-bond donors (Lipinski definition) is 1. The number of ether oxygens (including phenoxy) is 2. The Labute approximate surface area is 170 Å². The maximum Gasteiger partial charge on any atom is 0.161 e. The number of hydrogen-bond acceptors (Lipinski definition) is 5. The number of methoxy groups -OCH3 is 1. The van der Waals surface area contributed by atoms with Gasteiger partial charge in [-0.1, -0.05) is 32.8 Å². The van der Waals surface area contributed by atoms with Crippen molar-refractivity contribution in [2.75, 3.05) is 46.4 Å². The van der Waals surface area contributed by atoms with Crippen LogP contribution in [0.3, 0.4) is 0 Å². The van der Waals surface area contributed by atoms with Crippen LogP contribution in [0.4, 0.5) is 0 Å². The molecule has 5 nitrogen and oxygen atoms in total. The van der Waals surface area contributed by atoms with Gasteiger partial charge in [-0.3, -0.25) is 4.90 Å². The van der Waals surface area contributed by atoms with Gasteiger partial charge in [0.15, 0.2) is 11.5 Å². The van der Waals surface area contributed by atoms with Gasteiger partial charge in [-0.05, 0) is 62.0 Å². The minimum Gasteiger partial charge on any atom is -0.493 e. The van der Waals surface area contributed by atoms with Crippen LogP contribution >= 0.6 is 0 Å². The predicted molar refractivity (Wildman–Crippen MR) is 113 cm³/mol. The summed E-state index contributed by atoms with van der Waals surface area (Å²) in [5, 5.41) is 10.3. The molecule has 158 valence electrons. The molecular weight excluding hydrogens is 352 g/mol. The molecular formula is C23H38N2O3. The molecule has 1 aromatic rings. The molecule has 1 N–H and O–H groups in total. The van der Waals surface area contributed by atoms with Crippen LogP contribution in [0.5, 0.6) is 11.5 Å². The van der Waals surface area contributed by atoms with Gasteiger partial charge in [-0.2, -0.15) is 0 Å². The Hall–Kier alpha value is -1.30. The van der Waals surface area contributed by atoms with E-state index >= 15 is 0 Å². The maximum absolute atomic E-state index is 10.3. The summed E-state index contributed by atoms with van der Waals surface area (Å²) in [6.45, 7) is 10.4. The van der Waals surface area contributed by atoms with Crippen LogP contribution in [-0.4, -0.2) is 67.5 Å². The lowest BCUT2D eigenvalue weighted by atomic mass is 9.86. The lowest BCUT2D eigenvalue weighted by Gasteiger charge is -2.24.